The third kappa shape index (κ3) is 1.89. The van der Waals surface area contributed by atoms with Gasteiger partial charge in [0.15, 0.2) is 0 Å². The number of rotatable bonds is 3. The molecule has 5 nitrogen and oxygen atoms in total. The van der Waals surface area contributed by atoms with Crippen LogP contribution >= 0.6 is 0 Å². The lowest BCUT2D eigenvalue weighted by Gasteiger charge is -2.11. The van der Waals surface area contributed by atoms with Crippen molar-refractivity contribution < 1.29 is 8.42 Å². The number of aromatic nitrogens is 2. The van der Waals surface area contributed by atoms with Crippen molar-refractivity contribution in [3.05, 3.63) is 18.0 Å². The zero-order valence-electron chi connectivity index (χ0n) is 7.85. The van der Waals surface area contributed by atoms with E-state index in [0.29, 0.717) is 5.69 Å². The first-order valence-electron chi connectivity index (χ1n) is 3.89. The molecule has 0 aliphatic rings. The minimum atomic E-state index is -3.25. The van der Waals surface area contributed by atoms with Crippen molar-refractivity contribution in [3.63, 3.8) is 0 Å². The van der Waals surface area contributed by atoms with E-state index in [-0.39, 0.29) is 0 Å². The smallest absolute Gasteiger partial charge is 0.219 e. The largest absolute Gasteiger partial charge is 0.271 e. The Morgan fingerprint density at radius 3 is 2.62 bits per heavy atom. The summed E-state index contributed by atoms with van der Waals surface area (Å²) in [4.78, 5) is 0. The molecule has 0 amide bonds. The van der Waals surface area contributed by atoms with Gasteiger partial charge >= 0.3 is 0 Å². The minimum Gasteiger partial charge on any atom is -0.271 e. The van der Waals surface area contributed by atoms with E-state index in [0.717, 1.165) is 0 Å². The zero-order chi connectivity index (χ0) is 10.1. The molecule has 1 N–H and O–H groups in total. The second-order valence-corrected chi connectivity index (χ2v) is 4.98. The first-order chi connectivity index (χ1) is 5.99. The van der Waals surface area contributed by atoms with Crippen molar-refractivity contribution >= 4 is 10.0 Å². The van der Waals surface area contributed by atoms with Crippen molar-refractivity contribution in [2.24, 2.45) is 7.05 Å². The molecule has 1 heterocycles. The van der Waals surface area contributed by atoms with Gasteiger partial charge in [0.2, 0.25) is 10.0 Å². The number of hydrogen-bond donors (Lipinski definition) is 1. The summed E-state index contributed by atoms with van der Waals surface area (Å²) in [6.07, 6.45) is 1.58. The van der Waals surface area contributed by atoms with Crippen LogP contribution in [0, 0.1) is 0 Å². The summed E-state index contributed by atoms with van der Waals surface area (Å²) in [5.41, 5.74) is 0.675. The highest BCUT2D eigenvalue weighted by atomic mass is 32.2. The Morgan fingerprint density at radius 2 is 2.23 bits per heavy atom. The van der Waals surface area contributed by atoms with Gasteiger partial charge in [-0.1, -0.05) is 0 Å². The maximum atomic E-state index is 11.4. The number of aryl methyl sites for hydroxylation is 1. The highest BCUT2D eigenvalue weighted by Crippen LogP contribution is 2.18. The zero-order valence-corrected chi connectivity index (χ0v) is 8.67. The molecule has 1 aromatic heterocycles. The Bertz CT molecular complexity index is 382. The molecular formula is C7H13N3O2S. The van der Waals surface area contributed by atoms with Gasteiger partial charge in [-0.15, -0.1) is 0 Å². The predicted molar refractivity (Wildman–Crippen MR) is 49.6 cm³/mol. The van der Waals surface area contributed by atoms with Crippen LogP contribution in [-0.4, -0.2) is 25.2 Å². The van der Waals surface area contributed by atoms with Crippen LogP contribution in [0.5, 0.6) is 0 Å². The van der Waals surface area contributed by atoms with Gasteiger partial charge in [-0.3, -0.25) is 4.68 Å². The molecule has 0 saturated heterocycles. The number of nitrogens with one attached hydrogen (secondary N) is 1. The third-order valence-corrected chi connectivity index (χ3v) is 3.77. The second-order valence-electron chi connectivity index (χ2n) is 2.77. The van der Waals surface area contributed by atoms with E-state index in [4.69, 9.17) is 0 Å². The topological polar surface area (TPSA) is 64.0 Å². The fourth-order valence-corrected chi connectivity index (χ4v) is 2.02. The molecule has 0 spiro atoms. The van der Waals surface area contributed by atoms with E-state index >= 15 is 0 Å². The van der Waals surface area contributed by atoms with Gasteiger partial charge in [0, 0.05) is 13.2 Å². The van der Waals surface area contributed by atoms with Crippen LogP contribution in [0.1, 0.15) is 17.9 Å². The quantitative estimate of drug-likeness (QED) is 0.753. The van der Waals surface area contributed by atoms with Crippen LogP contribution in [0.4, 0.5) is 0 Å². The van der Waals surface area contributed by atoms with Crippen molar-refractivity contribution in [3.8, 4) is 0 Å². The molecule has 13 heavy (non-hydrogen) atoms. The molecule has 0 aromatic carbocycles. The molecule has 74 valence electrons. The maximum absolute atomic E-state index is 11.4. The molecule has 0 aliphatic carbocycles. The monoisotopic (exact) mass is 203 g/mol. The van der Waals surface area contributed by atoms with Crippen molar-refractivity contribution in [1.29, 1.82) is 0 Å². The summed E-state index contributed by atoms with van der Waals surface area (Å²) >= 11 is 0. The Morgan fingerprint density at radius 1 is 1.62 bits per heavy atom. The van der Waals surface area contributed by atoms with Gasteiger partial charge in [0.05, 0.1) is 5.69 Å². The van der Waals surface area contributed by atoms with Gasteiger partial charge in [0.1, 0.15) is 5.25 Å². The molecule has 0 saturated carbocycles. The number of sulfonamides is 1. The minimum absolute atomic E-state index is 0.579. The fourth-order valence-electron chi connectivity index (χ4n) is 1.12. The fraction of sp³-hybridized carbons (Fsp3) is 0.571. The Balaban J connectivity index is 3.05. The van der Waals surface area contributed by atoms with Gasteiger partial charge < -0.3 is 0 Å². The molecule has 1 aromatic rings. The number of hydrogen-bond acceptors (Lipinski definition) is 3. The molecule has 1 rings (SSSR count). The summed E-state index contributed by atoms with van der Waals surface area (Å²) < 4.78 is 26.6. The summed E-state index contributed by atoms with van der Waals surface area (Å²) in [5.74, 6) is 0. The van der Waals surface area contributed by atoms with E-state index in [1.165, 1.54) is 7.05 Å². The number of nitrogens with zero attached hydrogens (tertiary/aromatic N) is 2. The van der Waals surface area contributed by atoms with Gasteiger partial charge in [-0.2, -0.15) is 5.10 Å². The predicted octanol–water partition coefficient (Wildman–Crippen LogP) is 0.0303. The summed E-state index contributed by atoms with van der Waals surface area (Å²) in [7, 11) is -0.130. The Labute approximate surface area is 77.8 Å². The third-order valence-electron chi connectivity index (χ3n) is 2.03. The average molecular weight is 203 g/mol. The molecule has 6 heteroatoms. The van der Waals surface area contributed by atoms with Crippen LogP contribution in [0.2, 0.25) is 0 Å². The Hall–Kier alpha value is -0.880. The standard InChI is InChI=1S/C7H13N3O2S/c1-6(13(11,12)8-2)7-4-5-9-10(7)3/h4-6,8H,1-3H3. The van der Waals surface area contributed by atoms with E-state index in [9.17, 15) is 8.42 Å². The highest BCUT2D eigenvalue weighted by Gasteiger charge is 2.22. The van der Waals surface area contributed by atoms with E-state index < -0.39 is 15.3 Å². The van der Waals surface area contributed by atoms with Crippen LogP contribution in [0.15, 0.2) is 12.3 Å². The second kappa shape index (κ2) is 3.47. The lowest BCUT2D eigenvalue weighted by atomic mass is 10.3. The first kappa shape index (κ1) is 10.2. The van der Waals surface area contributed by atoms with Crippen LogP contribution < -0.4 is 4.72 Å². The van der Waals surface area contributed by atoms with Crippen LogP contribution in [0.3, 0.4) is 0 Å². The van der Waals surface area contributed by atoms with Gasteiger partial charge in [0.25, 0.3) is 0 Å². The van der Waals surface area contributed by atoms with Crippen LogP contribution in [0.25, 0.3) is 0 Å². The van der Waals surface area contributed by atoms with E-state index in [2.05, 4.69) is 9.82 Å². The van der Waals surface area contributed by atoms with Crippen LogP contribution in [-0.2, 0) is 17.1 Å². The van der Waals surface area contributed by atoms with E-state index in [1.807, 2.05) is 0 Å². The molecule has 0 radical (unpaired) electrons. The SMILES string of the molecule is CNS(=O)(=O)C(C)c1ccnn1C. The normalized spacial score (nSPS) is 14.4. The van der Waals surface area contributed by atoms with Crippen molar-refractivity contribution in [2.45, 2.75) is 12.2 Å². The van der Waals surface area contributed by atoms with Gasteiger partial charge in [-0.25, -0.2) is 13.1 Å². The summed E-state index contributed by atoms with van der Waals surface area (Å²) in [6.45, 7) is 1.63. The molecular weight excluding hydrogens is 190 g/mol. The first-order valence-corrected chi connectivity index (χ1v) is 5.44. The molecule has 0 fully saturated rings. The van der Waals surface area contributed by atoms with Gasteiger partial charge in [-0.05, 0) is 20.0 Å². The average Bonchev–Trinajstić information content (AvgIpc) is 2.50. The molecule has 1 atom stereocenters. The maximum Gasteiger partial charge on any atom is 0.219 e. The molecule has 0 aliphatic heterocycles. The highest BCUT2D eigenvalue weighted by molar-refractivity contribution is 7.89. The lowest BCUT2D eigenvalue weighted by Crippen LogP contribution is -2.25. The van der Waals surface area contributed by atoms with Crippen molar-refractivity contribution in [1.82, 2.24) is 14.5 Å². The molecule has 1 unspecified atom stereocenters. The molecule has 0 bridgehead atoms. The lowest BCUT2D eigenvalue weighted by molar-refractivity contribution is 0.571. The van der Waals surface area contributed by atoms with E-state index in [1.54, 1.807) is 30.9 Å². The summed E-state index contributed by atoms with van der Waals surface area (Å²) in [6, 6.07) is 1.69. The van der Waals surface area contributed by atoms with Crippen molar-refractivity contribution in [2.75, 3.05) is 7.05 Å². The Kier molecular flexibility index (Phi) is 2.72. The summed E-state index contributed by atoms with van der Waals surface area (Å²) in [5, 5.41) is 3.33.